The van der Waals surface area contributed by atoms with Crippen LogP contribution in [-0.4, -0.2) is 35.4 Å². The average Bonchev–Trinajstić information content (AvgIpc) is 2.99. The summed E-state index contributed by atoms with van der Waals surface area (Å²) in [6.45, 7) is 1.77. The predicted molar refractivity (Wildman–Crippen MR) is 98.6 cm³/mol. The van der Waals surface area contributed by atoms with E-state index >= 15 is 0 Å². The van der Waals surface area contributed by atoms with Gasteiger partial charge in [0.25, 0.3) is 0 Å². The molecule has 25 heavy (non-hydrogen) atoms. The summed E-state index contributed by atoms with van der Waals surface area (Å²) in [5.74, 6) is -0.990. The lowest BCUT2D eigenvalue weighted by Gasteiger charge is -2.08. The summed E-state index contributed by atoms with van der Waals surface area (Å²) in [6.07, 6.45) is 2.25. The van der Waals surface area contributed by atoms with E-state index in [4.69, 9.17) is 0 Å². The Labute approximate surface area is 146 Å². The number of aromatic nitrogens is 2. The molecule has 0 saturated heterocycles. The minimum Gasteiger partial charge on any atom is -0.325 e. The molecule has 3 rings (SSSR count). The van der Waals surface area contributed by atoms with Gasteiger partial charge in [-0.3, -0.25) is 9.36 Å². The lowest BCUT2D eigenvalue weighted by Crippen LogP contribution is -2.24. The van der Waals surface area contributed by atoms with Gasteiger partial charge in [-0.05, 0) is 42.8 Å². The predicted octanol–water partition coefficient (Wildman–Crippen LogP) is 2.79. The van der Waals surface area contributed by atoms with Gasteiger partial charge in [0.05, 0.1) is 16.8 Å². The Morgan fingerprint density at radius 1 is 1.12 bits per heavy atom. The van der Waals surface area contributed by atoms with Crippen molar-refractivity contribution in [3.8, 4) is 5.69 Å². The highest BCUT2D eigenvalue weighted by molar-refractivity contribution is 7.92. The molecule has 0 aliphatic rings. The Morgan fingerprint density at radius 3 is 2.56 bits per heavy atom. The fourth-order valence-corrected chi connectivity index (χ4v) is 3.89. The number of nitrogens with zero attached hydrogens (tertiary/aromatic N) is 2. The van der Waals surface area contributed by atoms with Gasteiger partial charge in [0.2, 0.25) is 5.91 Å². The van der Waals surface area contributed by atoms with E-state index in [1.54, 1.807) is 25.4 Å². The summed E-state index contributed by atoms with van der Waals surface area (Å²) < 4.78 is 25.3. The van der Waals surface area contributed by atoms with Crippen LogP contribution in [0.5, 0.6) is 0 Å². The van der Waals surface area contributed by atoms with Crippen LogP contribution < -0.4 is 5.32 Å². The first-order valence-electron chi connectivity index (χ1n) is 8.01. The minimum absolute atomic E-state index is 0.0209. The molecule has 2 aromatic carbocycles. The second kappa shape index (κ2) is 7.06. The minimum atomic E-state index is -3.34. The zero-order chi connectivity index (χ0) is 17.9. The molecule has 6 nitrogen and oxygen atoms in total. The molecule has 0 bridgehead atoms. The first kappa shape index (κ1) is 17.2. The maximum atomic E-state index is 11.9. The lowest BCUT2D eigenvalue weighted by molar-refractivity contribution is -0.113. The van der Waals surface area contributed by atoms with Crippen molar-refractivity contribution < 1.29 is 13.2 Å². The molecular weight excluding hydrogens is 338 g/mol. The molecule has 0 aliphatic carbocycles. The maximum absolute atomic E-state index is 11.9. The number of rotatable bonds is 6. The first-order valence-corrected chi connectivity index (χ1v) is 9.83. The van der Waals surface area contributed by atoms with Gasteiger partial charge >= 0.3 is 0 Å². The van der Waals surface area contributed by atoms with E-state index in [2.05, 4.69) is 10.3 Å². The third-order valence-corrected chi connectivity index (χ3v) is 5.48. The number of para-hydroxylation sites is 2. The smallest absolute Gasteiger partial charge is 0.239 e. The van der Waals surface area contributed by atoms with Crippen molar-refractivity contribution in [2.45, 2.75) is 13.3 Å². The third-order valence-electron chi connectivity index (χ3n) is 3.75. The molecule has 1 amide bonds. The second-order valence-corrected chi connectivity index (χ2v) is 7.97. The van der Waals surface area contributed by atoms with Crippen LogP contribution in [0.15, 0.2) is 54.9 Å². The van der Waals surface area contributed by atoms with Crippen LogP contribution in [0.3, 0.4) is 0 Å². The number of hydrogen-bond acceptors (Lipinski definition) is 4. The summed E-state index contributed by atoms with van der Waals surface area (Å²) in [5, 5.41) is 2.62. The fraction of sp³-hybridized carbons (Fsp3) is 0.222. The molecule has 0 spiro atoms. The van der Waals surface area contributed by atoms with Gasteiger partial charge in [0.15, 0.2) is 9.84 Å². The summed E-state index contributed by atoms with van der Waals surface area (Å²) in [5.41, 5.74) is 3.36. The fourth-order valence-electron chi connectivity index (χ4n) is 2.65. The molecule has 1 N–H and O–H groups in total. The van der Waals surface area contributed by atoms with Gasteiger partial charge in [-0.1, -0.05) is 19.1 Å². The van der Waals surface area contributed by atoms with E-state index < -0.39 is 21.5 Å². The van der Waals surface area contributed by atoms with Gasteiger partial charge in [-0.25, -0.2) is 13.4 Å². The number of nitrogens with one attached hydrogen (secondary N) is 1. The van der Waals surface area contributed by atoms with E-state index in [1.807, 2.05) is 41.0 Å². The number of carbonyl (C=O) groups is 1. The van der Waals surface area contributed by atoms with Crippen LogP contribution in [-0.2, 0) is 14.6 Å². The molecule has 0 fully saturated rings. The number of hydrogen-bond donors (Lipinski definition) is 1. The van der Waals surface area contributed by atoms with Crippen molar-refractivity contribution in [2.24, 2.45) is 0 Å². The molecule has 7 heteroatoms. The standard InChI is InChI=1S/C18H19N3O3S/c1-2-11-25(23,24)12-18(22)20-14-7-9-15(10-8-14)21-13-19-16-5-3-4-6-17(16)21/h3-10,13H,2,11-12H2,1H3,(H,20,22). The Hall–Kier alpha value is -2.67. The van der Waals surface area contributed by atoms with Crippen LogP contribution >= 0.6 is 0 Å². The molecule has 0 radical (unpaired) electrons. The van der Waals surface area contributed by atoms with Gasteiger partial charge < -0.3 is 5.32 Å². The molecule has 0 unspecified atom stereocenters. The van der Waals surface area contributed by atoms with Crippen molar-refractivity contribution in [3.63, 3.8) is 0 Å². The lowest BCUT2D eigenvalue weighted by atomic mass is 10.2. The third kappa shape index (κ3) is 4.06. The molecule has 1 heterocycles. The van der Waals surface area contributed by atoms with E-state index in [0.29, 0.717) is 12.1 Å². The summed E-state index contributed by atoms with van der Waals surface area (Å²) in [4.78, 5) is 16.2. The zero-order valence-electron chi connectivity index (χ0n) is 13.8. The maximum Gasteiger partial charge on any atom is 0.239 e. The van der Waals surface area contributed by atoms with E-state index in [0.717, 1.165) is 16.7 Å². The average molecular weight is 357 g/mol. The Kier molecular flexibility index (Phi) is 4.85. The molecule has 1 aromatic heterocycles. The number of carbonyl (C=O) groups excluding carboxylic acids is 1. The summed E-state index contributed by atoms with van der Waals surface area (Å²) >= 11 is 0. The van der Waals surface area contributed by atoms with Crippen molar-refractivity contribution >= 4 is 32.5 Å². The first-order chi connectivity index (χ1) is 12.0. The largest absolute Gasteiger partial charge is 0.325 e. The summed E-state index contributed by atoms with van der Waals surface area (Å²) in [6, 6.07) is 15.0. The Bertz CT molecular complexity index is 992. The molecule has 130 valence electrons. The second-order valence-electron chi connectivity index (χ2n) is 5.79. The van der Waals surface area contributed by atoms with Crippen molar-refractivity contribution in [2.75, 3.05) is 16.8 Å². The van der Waals surface area contributed by atoms with Crippen LogP contribution in [0.2, 0.25) is 0 Å². The van der Waals surface area contributed by atoms with Crippen molar-refractivity contribution in [3.05, 3.63) is 54.9 Å². The van der Waals surface area contributed by atoms with E-state index in [-0.39, 0.29) is 5.75 Å². The number of imidazole rings is 1. The monoisotopic (exact) mass is 357 g/mol. The molecule has 0 saturated carbocycles. The highest BCUT2D eigenvalue weighted by Crippen LogP contribution is 2.19. The topological polar surface area (TPSA) is 81.1 Å². The van der Waals surface area contributed by atoms with Crippen molar-refractivity contribution in [1.29, 1.82) is 0 Å². The van der Waals surface area contributed by atoms with E-state index in [9.17, 15) is 13.2 Å². The Balaban J connectivity index is 1.73. The molecule has 3 aromatic rings. The van der Waals surface area contributed by atoms with Crippen molar-refractivity contribution in [1.82, 2.24) is 9.55 Å². The van der Waals surface area contributed by atoms with E-state index in [1.165, 1.54) is 0 Å². The normalized spacial score (nSPS) is 11.6. The number of anilines is 1. The van der Waals surface area contributed by atoms with Crippen LogP contribution in [0.1, 0.15) is 13.3 Å². The van der Waals surface area contributed by atoms with Crippen LogP contribution in [0, 0.1) is 0 Å². The highest BCUT2D eigenvalue weighted by atomic mass is 32.2. The molecule has 0 atom stereocenters. The van der Waals surface area contributed by atoms with Crippen LogP contribution in [0.25, 0.3) is 16.7 Å². The Morgan fingerprint density at radius 2 is 1.84 bits per heavy atom. The SMILES string of the molecule is CCCS(=O)(=O)CC(=O)Nc1ccc(-n2cnc3ccccc32)cc1. The molecular formula is C18H19N3O3S. The van der Waals surface area contributed by atoms with Gasteiger partial charge in [0.1, 0.15) is 12.1 Å². The van der Waals surface area contributed by atoms with Gasteiger partial charge in [-0.15, -0.1) is 0 Å². The van der Waals surface area contributed by atoms with Crippen LogP contribution in [0.4, 0.5) is 5.69 Å². The molecule has 0 aliphatic heterocycles. The highest BCUT2D eigenvalue weighted by Gasteiger charge is 2.15. The number of amides is 1. The quantitative estimate of drug-likeness (QED) is 0.735. The number of sulfone groups is 1. The number of fused-ring (bicyclic) bond motifs is 1. The zero-order valence-corrected chi connectivity index (χ0v) is 14.7. The summed E-state index contributed by atoms with van der Waals surface area (Å²) in [7, 11) is -3.34. The van der Waals surface area contributed by atoms with Gasteiger partial charge in [0, 0.05) is 11.4 Å². The van der Waals surface area contributed by atoms with Gasteiger partial charge in [-0.2, -0.15) is 0 Å². The number of benzene rings is 2.